The highest BCUT2D eigenvalue weighted by molar-refractivity contribution is 7.15. The molecule has 2 aliphatic heterocycles. The number of carbonyl (C=O) groups is 1. The SMILES string of the molecule is COc1ccc([C@H]2c3cccn3-c3sc4c(c3CN2C(=O)Nc2cccc(C)c2)CCN(C)C4)cc1. The lowest BCUT2D eigenvalue weighted by Crippen LogP contribution is -2.38. The summed E-state index contributed by atoms with van der Waals surface area (Å²) in [4.78, 5) is 19.8. The van der Waals surface area contributed by atoms with Crippen LogP contribution in [0.25, 0.3) is 5.00 Å². The highest BCUT2D eigenvalue weighted by Crippen LogP contribution is 2.43. The zero-order valence-corrected chi connectivity index (χ0v) is 21.6. The summed E-state index contributed by atoms with van der Waals surface area (Å²) in [5.41, 5.74) is 6.75. The first-order valence-corrected chi connectivity index (χ1v) is 13.1. The van der Waals surface area contributed by atoms with E-state index in [-0.39, 0.29) is 12.1 Å². The molecule has 0 unspecified atom stereocenters. The van der Waals surface area contributed by atoms with E-state index in [9.17, 15) is 4.79 Å². The van der Waals surface area contributed by atoms with Crippen molar-refractivity contribution in [3.8, 4) is 10.8 Å². The molecular formula is C29H30N4O2S. The quantitative estimate of drug-likeness (QED) is 0.378. The van der Waals surface area contributed by atoms with E-state index in [0.717, 1.165) is 47.8 Å². The van der Waals surface area contributed by atoms with Gasteiger partial charge in [0.15, 0.2) is 0 Å². The first-order chi connectivity index (χ1) is 17.5. The van der Waals surface area contributed by atoms with Crippen molar-refractivity contribution in [1.82, 2.24) is 14.4 Å². The van der Waals surface area contributed by atoms with E-state index in [0.29, 0.717) is 6.54 Å². The number of benzene rings is 2. The van der Waals surface area contributed by atoms with Crippen LogP contribution in [0.2, 0.25) is 0 Å². The van der Waals surface area contributed by atoms with Gasteiger partial charge in [-0.15, -0.1) is 11.3 Å². The number of hydrogen-bond acceptors (Lipinski definition) is 4. The summed E-state index contributed by atoms with van der Waals surface area (Å²) in [6.45, 7) is 4.59. The lowest BCUT2D eigenvalue weighted by Gasteiger charge is -2.32. The van der Waals surface area contributed by atoms with Gasteiger partial charge in [-0.2, -0.15) is 0 Å². The number of ether oxygens (including phenoxy) is 1. The number of hydrogen-bond donors (Lipinski definition) is 1. The van der Waals surface area contributed by atoms with Gasteiger partial charge in [-0.1, -0.05) is 24.3 Å². The molecule has 4 aromatic rings. The average Bonchev–Trinajstić information content (AvgIpc) is 3.45. The van der Waals surface area contributed by atoms with Crippen LogP contribution in [0, 0.1) is 6.92 Å². The number of methoxy groups -OCH3 is 1. The third-order valence-electron chi connectivity index (χ3n) is 7.22. The van der Waals surface area contributed by atoms with Crippen LogP contribution >= 0.6 is 11.3 Å². The van der Waals surface area contributed by atoms with E-state index < -0.39 is 0 Å². The molecule has 2 aliphatic rings. The van der Waals surface area contributed by atoms with Crippen molar-refractivity contribution in [3.05, 3.63) is 99.7 Å². The van der Waals surface area contributed by atoms with Gasteiger partial charge in [-0.05, 0) is 73.5 Å². The van der Waals surface area contributed by atoms with Crippen molar-refractivity contribution in [2.75, 3.05) is 26.0 Å². The fourth-order valence-corrected chi connectivity index (χ4v) is 6.85. The molecule has 1 atom stereocenters. The molecule has 0 saturated heterocycles. The summed E-state index contributed by atoms with van der Waals surface area (Å²) < 4.78 is 7.71. The van der Waals surface area contributed by atoms with Gasteiger partial charge in [0, 0.05) is 35.4 Å². The van der Waals surface area contributed by atoms with Gasteiger partial charge in [0.1, 0.15) is 10.8 Å². The number of urea groups is 1. The van der Waals surface area contributed by atoms with Crippen molar-refractivity contribution in [2.24, 2.45) is 0 Å². The Balaban J connectivity index is 1.48. The third kappa shape index (κ3) is 3.98. The third-order valence-corrected chi connectivity index (χ3v) is 8.48. The Hall–Kier alpha value is -3.55. The van der Waals surface area contributed by atoms with E-state index in [1.54, 1.807) is 7.11 Å². The maximum absolute atomic E-state index is 14.0. The summed E-state index contributed by atoms with van der Waals surface area (Å²) in [7, 11) is 3.85. The molecule has 6 nitrogen and oxygen atoms in total. The fourth-order valence-electron chi connectivity index (χ4n) is 5.41. The predicted octanol–water partition coefficient (Wildman–Crippen LogP) is 5.98. The number of aromatic nitrogens is 1. The molecule has 0 bridgehead atoms. The van der Waals surface area contributed by atoms with Gasteiger partial charge in [-0.25, -0.2) is 4.79 Å². The molecule has 2 aromatic carbocycles. The molecule has 4 heterocycles. The highest BCUT2D eigenvalue weighted by atomic mass is 32.1. The minimum atomic E-state index is -0.239. The van der Waals surface area contributed by atoms with Crippen molar-refractivity contribution in [2.45, 2.75) is 32.5 Å². The van der Waals surface area contributed by atoms with E-state index >= 15 is 0 Å². The molecule has 0 spiro atoms. The van der Waals surface area contributed by atoms with Crippen LogP contribution in [0.1, 0.15) is 38.9 Å². The first-order valence-electron chi connectivity index (χ1n) is 12.3. The molecule has 2 amide bonds. The molecule has 184 valence electrons. The van der Waals surface area contributed by atoms with Gasteiger partial charge < -0.3 is 24.4 Å². The molecule has 36 heavy (non-hydrogen) atoms. The lowest BCUT2D eigenvalue weighted by molar-refractivity contribution is 0.194. The Labute approximate surface area is 215 Å². The number of fused-ring (bicyclic) bond motifs is 5. The Morgan fingerprint density at radius 2 is 1.89 bits per heavy atom. The number of carbonyl (C=O) groups excluding carboxylic acids is 1. The van der Waals surface area contributed by atoms with Crippen LogP contribution in [-0.2, 0) is 19.5 Å². The maximum atomic E-state index is 14.0. The topological polar surface area (TPSA) is 49.7 Å². The van der Waals surface area contributed by atoms with Gasteiger partial charge in [0.2, 0.25) is 0 Å². The molecule has 2 aromatic heterocycles. The highest BCUT2D eigenvalue weighted by Gasteiger charge is 2.36. The maximum Gasteiger partial charge on any atom is 0.322 e. The summed E-state index contributed by atoms with van der Waals surface area (Å²) >= 11 is 1.87. The Kier molecular flexibility index (Phi) is 5.82. The van der Waals surface area contributed by atoms with Crippen LogP contribution < -0.4 is 10.1 Å². The van der Waals surface area contributed by atoms with E-state index in [1.165, 1.54) is 21.0 Å². The number of thiophene rings is 1. The minimum Gasteiger partial charge on any atom is -0.497 e. The molecule has 7 heteroatoms. The fraction of sp³-hybridized carbons (Fsp3) is 0.276. The Morgan fingerprint density at radius 1 is 1.06 bits per heavy atom. The second-order valence-corrected chi connectivity index (χ2v) is 10.8. The predicted molar refractivity (Wildman–Crippen MR) is 144 cm³/mol. The first kappa shape index (κ1) is 22.9. The molecule has 6 rings (SSSR count). The Morgan fingerprint density at radius 3 is 2.67 bits per heavy atom. The van der Waals surface area contributed by atoms with Crippen LogP contribution in [0.3, 0.4) is 0 Å². The minimum absolute atomic E-state index is 0.102. The zero-order valence-electron chi connectivity index (χ0n) is 20.8. The van der Waals surface area contributed by atoms with E-state index in [2.05, 4.69) is 52.3 Å². The van der Waals surface area contributed by atoms with Crippen LogP contribution in [0.5, 0.6) is 5.75 Å². The van der Waals surface area contributed by atoms with Gasteiger partial charge in [-0.3, -0.25) is 0 Å². The lowest BCUT2D eigenvalue weighted by atomic mass is 10.00. The second-order valence-electron chi connectivity index (χ2n) is 9.68. The summed E-state index contributed by atoms with van der Waals surface area (Å²) in [6.07, 6.45) is 3.15. The standard InChI is InChI=1S/C29H30N4O2S/c1-19-6-4-7-21(16-19)30-29(34)33-17-24-23-13-15-31(2)18-26(23)36-28(24)32-14-5-8-25(32)27(33)20-9-11-22(35-3)12-10-20/h4-12,14,16,27H,13,15,17-18H2,1-3H3,(H,30,34)/t27-/m0/s1. The summed E-state index contributed by atoms with van der Waals surface area (Å²) in [6, 6.07) is 19.9. The average molecular weight is 499 g/mol. The van der Waals surface area contributed by atoms with Gasteiger partial charge >= 0.3 is 6.03 Å². The van der Waals surface area contributed by atoms with E-state index in [4.69, 9.17) is 4.74 Å². The molecule has 0 saturated carbocycles. The van der Waals surface area contributed by atoms with Crippen molar-refractivity contribution < 1.29 is 9.53 Å². The second kappa shape index (κ2) is 9.15. The largest absolute Gasteiger partial charge is 0.497 e. The van der Waals surface area contributed by atoms with Crippen LogP contribution in [0.15, 0.2) is 66.9 Å². The number of rotatable bonds is 3. The zero-order chi connectivity index (χ0) is 24.8. The molecular weight excluding hydrogens is 468 g/mol. The van der Waals surface area contributed by atoms with Crippen LogP contribution in [-0.4, -0.2) is 41.1 Å². The molecule has 1 N–H and O–H groups in total. The smallest absolute Gasteiger partial charge is 0.322 e. The number of anilines is 1. The van der Waals surface area contributed by atoms with Crippen molar-refractivity contribution >= 4 is 23.1 Å². The van der Waals surface area contributed by atoms with Crippen molar-refractivity contribution in [1.29, 1.82) is 0 Å². The van der Waals surface area contributed by atoms with Crippen LogP contribution in [0.4, 0.5) is 10.5 Å². The molecule has 0 aliphatic carbocycles. The number of amides is 2. The molecule has 0 radical (unpaired) electrons. The van der Waals surface area contributed by atoms with Gasteiger partial charge in [0.25, 0.3) is 0 Å². The summed E-state index contributed by atoms with van der Waals surface area (Å²) in [5, 5.41) is 4.42. The number of aryl methyl sites for hydroxylation is 1. The number of likely N-dealkylation sites (N-methyl/N-ethyl adjacent to an activating group) is 1. The molecule has 0 fully saturated rings. The number of nitrogens with one attached hydrogen (secondary N) is 1. The normalized spacial score (nSPS) is 17.1. The van der Waals surface area contributed by atoms with Gasteiger partial charge in [0.05, 0.1) is 25.4 Å². The number of nitrogens with zero attached hydrogens (tertiary/aromatic N) is 3. The Bertz CT molecular complexity index is 1420. The van der Waals surface area contributed by atoms with Crippen molar-refractivity contribution in [3.63, 3.8) is 0 Å². The van der Waals surface area contributed by atoms with E-state index in [1.807, 2.05) is 59.6 Å². The monoisotopic (exact) mass is 498 g/mol. The summed E-state index contributed by atoms with van der Waals surface area (Å²) in [5.74, 6) is 0.802.